The Morgan fingerprint density at radius 2 is 1.85 bits per heavy atom. The number of halogens is 1. The van der Waals surface area contributed by atoms with Crippen LogP contribution < -0.4 is 5.32 Å². The summed E-state index contributed by atoms with van der Waals surface area (Å²) in [5, 5.41) is 5.09. The number of para-hydroxylation sites is 1. The zero-order valence-electron chi connectivity index (χ0n) is 18.2. The molecule has 1 N–H and O–H groups in total. The van der Waals surface area contributed by atoms with Gasteiger partial charge in [0.1, 0.15) is 5.25 Å². The number of hydrogen-bond donors (Lipinski definition) is 1. The molecular formula is C25H26ClN3O3S. The molecule has 33 heavy (non-hydrogen) atoms. The van der Waals surface area contributed by atoms with Gasteiger partial charge in [-0.1, -0.05) is 54.4 Å². The Hall–Kier alpha value is -2.77. The van der Waals surface area contributed by atoms with E-state index in [1.54, 1.807) is 11.0 Å². The van der Waals surface area contributed by atoms with Gasteiger partial charge in [-0.3, -0.25) is 14.5 Å². The number of urea groups is 1. The molecular weight excluding hydrogens is 458 g/mol. The van der Waals surface area contributed by atoms with Crippen LogP contribution in [0, 0.1) is 0 Å². The summed E-state index contributed by atoms with van der Waals surface area (Å²) in [6, 6.07) is 16.3. The molecule has 1 fully saturated rings. The number of nitrogens with zero attached hydrogens (tertiary/aromatic N) is 2. The van der Waals surface area contributed by atoms with Gasteiger partial charge in [0.15, 0.2) is 0 Å². The molecule has 2 atom stereocenters. The third-order valence-corrected chi connectivity index (χ3v) is 7.07. The van der Waals surface area contributed by atoms with Gasteiger partial charge >= 0.3 is 6.03 Å². The van der Waals surface area contributed by atoms with Crippen LogP contribution in [0.4, 0.5) is 10.5 Å². The number of anilines is 1. The van der Waals surface area contributed by atoms with Crippen molar-refractivity contribution in [1.29, 1.82) is 0 Å². The van der Waals surface area contributed by atoms with Crippen LogP contribution in [0.25, 0.3) is 0 Å². The quantitative estimate of drug-likeness (QED) is 0.491. The molecule has 1 saturated heterocycles. The topological polar surface area (TPSA) is 69.7 Å². The molecule has 2 aliphatic heterocycles. The number of fused-ring (bicyclic) bond motifs is 1. The highest BCUT2D eigenvalue weighted by Crippen LogP contribution is 2.35. The summed E-state index contributed by atoms with van der Waals surface area (Å²) in [6.07, 6.45) is 4.45. The van der Waals surface area contributed by atoms with Crippen LogP contribution in [0.1, 0.15) is 31.2 Å². The molecule has 2 aromatic carbocycles. The molecule has 0 spiro atoms. The van der Waals surface area contributed by atoms with Gasteiger partial charge in [-0.2, -0.15) is 0 Å². The Morgan fingerprint density at radius 1 is 1.03 bits per heavy atom. The maximum absolute atomic E-state index is 13.2. The molecule has 0 bridgehead atoms. The average molecular weight is 484 g/mol. The van der Waals surface area contributed by atoms with Gasteiger partial charge in [-0.15, -0.1) is 11.8 Å². The number of rotatable bonds is 9. The molecule has 2 aliphatic rings. The van der Waals surface area contributed by atoms with Crippen molar-refractivity contribution >= 4 is 46.9 Å². The second kappa shape index (κ2) is 10.9. The molecule has 0 radical (unpaired) electrons. The number of carbonyl (C=O) groups is 3. The minimum Gasteiger partial charge on any atom is -0.326 e. The summed E-state index contributed by atoms with van der Waals surface area (Å²) < 4.78 is 0. The molecule has 2 aromatic rings. The maximum Gasteiger partial charge on any atom is 0.327 e. The van der Waals surface area contributed by atoms with Gasteiger partial charge in [0.2, 0.25) is 11.8 Å². The molecule has 2 unspecified atom stereocenters. The van der Waals surface area contributed by atoms with Crippen molar-refractivity contribution < 1.29 is 14.4 Å². The van der Waals surface area contributed by atoms with E-state index in [1.165, 1.54) is 16.7 Å². The van der Waals surface area contributed by atoms with Gasteiger partial charge in [0, 0.05) is 30.2 Å². The fourth-order valence-electron chi connectivity index (χ4n) is 4.08. The van der Waals surface area contributed by atoms with Crippen LogP contribution in [0.5, 0.6) is 0 Å². The van der Waals surface area contributed by atoms with Crippen molar-refractivity contribution in [3.8, 4) is 0 Å². The predicted molar refractivity (Wildman–Crippen MR) is 132 cm³/mol. The fourth-order valence-corrected chi connectivity index (χ4v) is 5.36. The highest BCUT2D eigenvalue weighted by atomic mass is 35.5. The molecule has 0 aliphatic carbocycles. The predicted octanol–water partition coefficient (Wildman–Crippen LogP) is 5.30. The molecule has 2 heterocycles. The Kier molecular flexibility index (Phi) is 7.73. The molecule has 4 rings (SSSR count). The van der Waals surface area contributed by atoms with Crippen molar-refractivity contribution in [2.24, 2.45) is 0 Å². The third-order valence-electron chi connectivity index (χ3n) is 5.74. The Balaban J connectivity index is 1.30. The highest BCUT2D eigenvalue weighted by molar-refractivity contribution is 8.03. The number of carbonyl (C=O) groups excluding carboxylic acids is 3. The second-order valence-corrected chi connectivity index (χ2v) is 9.62. The van der Waals surface area contributed by atoms with Gasteiger partial charge in [-0.05, 0) is 48.1 Å². The minimum atomic E-state index is -0.307. The van der Waals surface area contributed by atoms with Crippen LogP contribution in [-0.4, -0.2) is 45.5 Å². The first kappa shape index (κ1) is 23.4. The van der Waals surface area contributed by atoms with Crippen LogP contribution in [0.2, 0.25) is 5.02 Å². The normalized spacial score (nSPS) is 19.7. The van der Waals surface area contributed by atoms with Crippen molar-refractivity contribution in [2.75, 3.05) is 11.9 Å². The summed E-state index contributed by atoms with van der Waals surface area (Å²) in [5.74, 6) is -0.167. The molecule has 4 amide bonds. The number of imide groups is 1. The van der Waals surface area contributed by atoms with Gasteiger partial charge in [-0.25, -0.2) is 4.79 Å². The zero-order valence-corrected chi connectivity index (χ0v) is 19.7. The first-order chi connectivity index (χ1) is 16.0. The van der Waals surface area contributed by atoms with Crippen LogP contribution in [-0.2, 0) is 16.1 Å². The Morgan fingerprint density at radius 3 is 2.64 bits per heavy atom. The van der Waals surface area contributed by atoms with Crippen molar-refractivity contribution in [1.82, 2.24) is 9.80 Å². The number of amides is 4. The van der Waals surface area contributed by atoms with E-state index in [4.69, 9.17) is 11.6 Å². The van der Waals surface area contributed by atoms with E-state index in [9.17, 15) is 14.4 Å². The molecule has 6 nitrogen and oxygen atoms in total. The zero-order chi connectivity index (χ0) is 23.2. The second-order valence-electron chi connectivity index (χ2n) is 8.13. The molecule has 8 heteroatoms. The van der Waals surface area contributed by atoms with E-state index in [1.807, 2.05) is 60.0 Å². The molecule has 172 valence electrons. The van der Waals surface area contributed by atoms with E-state index in [-0.39, 0.29) is 29.1 Å². The Bertz CT molecular complexity index is 1050. The standard InChI is InChI=1S/C25H26ClN3O3S/c26-19-9-7-8-18(16-19)17-29-21-13-15-33-23(21)24(31)28(25(29)32)14-6-2-5-12-22(30)27-20-10-3-1-4-11-20/h1,3-4,7-11,13,15-16,21,23H,2,5-6,12,14,17H2,(H,27,30). The van der Waals surface area contributed by atoms with E-state index >= 15 is 0 Å². The SMILES string of the molecule is O=C(CCCCCN1C(=O)C2SC=CC2N(Cc2cccc(Cl)c2)C1=O)Nc1ccccc1. The van der Waals surface area contributed by atoms with E-state index in [0.717, 1.165) is 17.7 Å². The van der Waals surface area contributed by atoms with Gasteiger partial charge < -0.3 is 10.2 Å². The van der Waals surface area contributed by atoms with Crippen molar-refractivity contribution in [3.05, 3.63) is 76.7 Å². The average Bonchev–Trinajstić information content (AvgIpc) is 3.29. The lowest BCUT2D eigenvalue weighted by Crippen LogP contribution is -2.61. The molecule has 0 saturated carbocycles. The lowest BCUT2D eigenvalue weighted by atomic mass is 10.1. The molecule has 0 aromatic heterocycles. The number of nitrogens with one attached hydrogen (secondary N) is 1. The van der Waals surface area contributed by atoms with Crippen LogP contribution in [0.15, 0.2) is 66.1 Å². The monoisotopic (exact) mass is 483 g/mol. The van der Waals surface area contributed by atoms with Crippen LogP contribution >= 0.6 is 23.4 Å². The summed E-state index contributed by atoms with van der Waals surface area (Å²) >= 11 is 7.57. The van der Waals surface area contributed by atoms with E-state index < -0.39 is 0 Å². The number of benzene rings is 2. The lowest BCUT2D eigenvalue weighted by molar-refractivity contribution is -0.131. The van der Waals surface area contributed by atoms with Gasteiger partial charge in [0.25, 0.3) is 0 Å². The largest absolute Gasteiger partial charge is 0.327 e. The van der Waals surface area contributed by atoms with Gasteiger partial charge in [0.05, 0.1) is 6.04 Å². The third kappa shape index (κ3) is 5.78. The number of unbranched alkanes of at least 4 members (excludes halogenated alkanes) is 2. The summed E-state index contributed by atoms with van der Waals surface area (Å²) in [5.41, 5.74) is 1.71. The smallest absolute Gasteiger partial charge is 0.326 e. The van der Waals surface area contributed by atoms with E-state index in [0.29, 0.717) is 37.4 Å². The van der Waals surface area contributed by atoms with Crippen LogP contribution in [0.3, 0.4) is 0 Å². The Labute approximate surface area is 203 Å². The minimum absolute atomic E-state index is 0.0321. The summed E-state index contributed by atoms with van der Waals surface area (Å²) in [4.78, 5) is 41.4. The van der Waals surface area contributed by atoms with E-state index in [2.05, 4.69) is 5.32 Å². The summed E-state index contributed by atoms with van der Waals surface area (Å²) in [7, 11) is 0. The number of hydrogen-bond acceptors (Lipinski definition) is 4. The number of thioether (sulfide) groups is 1. The fraction of sp³-hybridized carbons (Fsp3) is 0.320. The lowest BCUT2D eigenvalue weighted by Gasteiger charge is -2.41. The highest BCUT2D eigenvalue weighted by Gasteiger charge is 2.46. The summed E-state index contributed by atoms with van der Waals surface area (Å²) in [6.45, 7) is 0.753. The van der Waals surface area contributed by atoms with Crippen molar-refractivity contribution in [3.63, 3.8) is 0 Å². The van der Waals surface area contributed by atoms with Crippen molar-refractivity contribution in [2.45, 2.75) is 43.5 Å². The first-order valence-electron chi connectivity index (χ1n) is 11.1. The maximum atomic E-state index is 13.2. The first-order valence-corrected chi connectivity index (χ1v) is 12.4.